The predicted molar refractivity (Wildman–Crippen MR) is 195 cm³/mol. The maximum absolute atomic E-state index is 12.3. The zero-order valence-electron chi connectivity index (χ0n) is 34.3. The molecule has 22 heterocycles. The third-order valence-electron chi connectivity index (χ3n) is 12.6. The topological polar surface area (TPSA) is 472 Å². The molecule has 22 aliphatic heterocycles. The molecule has 30 nitrogen and oxygen atoms in total. The first kappa shape index (κ1) is 52.3. The van der Waals surface area contributed by atoms with Gasteiger partial charge in [0.05, 0.1) is 33.0 Å². The molecule has 0 aromatic rings. The number of aliphatic hydroxyl groups is 17. The second-order valence-corrected chi connectivity index (χ2v) is 16.7. The molecule has 22 aliphatic rings. The average molecular weight is 971 g/mol. The number of aldehydes is 1. The summed E-state index contributed by atoms with van der Waals surface area (Å²) in [6, 6.07) is 0. The molecular formula is C36H58O30. The van der Waals surface area contributed by atoms with Gasteiger partial charge in [-0.25, -0.2) is 0 Å². The van der Waals surface area contributed by atoms with Crippen LogP contribution in [0.1, 0.15) is 0 Å². The number of hydrogen-bond donors (Lipinski definition) is 17. The lowest BCUT2D eigenvalue weighted by molar-refractivity contribution is -0.402. The lowest BCUT2D eigenvalue weighted by Gasteiger charge is -2.50. The minimum Gasteiger partial charge on any atom is -0.394 e. The Morgan fingerprint density at radius 1 is 0.258 bits per heavy atom. The molecule has 30 heteroatoms. The first-order valence-corrected chi connectivity index (χ1v) is 20.9. The number of carbonyl (C=O) groups is 1. The van der Waals surface area contributed by atoms with Gasteiger partial charge in [0, 0.05) is 0 Å². The molecule has 382 valence electrons. The van der Waals surface area contributed by atoms with Crippen LogP contribution in [0.2, 0.25) is 0 Å². The summed E-state index contributed by atoms with van der Waals surface area (Å²) < 4.78 is 67.5. The Balaban J connectivity index is 1.19. The highest BCUT2D eigenvalue weighted by Crippen LogP contribution is 2.38. The third kappa shape index (κ3) is 9.91. The van der Waals surface area contributed by atoms with Gasteiger partial charge in [0.1, 0.15) is 146 Å². The van der Waals surface area contributed by atoms with Crippen LogP contribution in [-0.2, 0) is 61.6 Å². The zero-order valence-corrected chi connectivity index (χ0v) is 34.3. The smallest absolute Gasteiger partial charge is 0.187 e. The molecule has 12 bridgehead atoms. The molecule has 0 aliphatic carbocycles. The van der Waals surface area contributed by atoms with Gasteiger partial charge in [0.25, 0.3) is 0 Å². The van der Waals surface area contributed by atoms with Crippen molar-refractivity contribution in [3.8, 4) is 0 Å². The Labute approximate surface area is 371 Å². The van der Waals surface area contributed by atoms with Crippen molar-refractivity contribution in [1.82, 2.24) is 0 Å². The molecular weight excluding hydrogens is 912 g/mol. The molecule has 0 amide bonds. The largest absolute Gasteiger partial charge is 0.394 e. The minimum absolute atomic E-state index is 0.0713. The van der Waals surface area contributed by atoms with E-state index in [4.69, 9.17) is 56.8 Å². The highest BCUT2D eigenvalue weighted by Gasteiger charge is 2.58. The van der Waals surface area contributed by atoms with Crippen molar-refractivity contribution in [2.45, 2.75) is 184 Å². The summed E-state index contributed by atoms with van der Waals surface area (Å²) in [5.41, 5.74) is 0. The van der Waals surface area contributed by atoms with Crippen molar-refractivity contribution < 1.29 is 148 Å². The van der Waals surface area contributed by atoms with Gasteiger partial charge >= 0.3 is 0 Å². The van der Waals surface area contributed by atoms with E-state index in [1.807, 2.05) is 0 Å². The number of carbonyl (C=O) groups excluding carboxylic acids is 1. The summed E-state index contributed by atoms with van der Waals surface area (Å²) in [5, 5.41) is 185. The Hall–Kier alpha value is -1.49. The van der Waals surface area contributed by atoms with Gasteiger partial charge in [-0.1, -0.05) is 0 Å². The number of rotatable bonds is 6. The van der Waals surface area contributed by atoms with Crippen molar-refractivity contribution in [3.05, 3.63) is 0 Å². The molecule has 22 rings (SSSR count). The molecule has 17 N–H and O–H groups in total. The Morgan fingerprint density at radius 2 is 0.439 bits per heavy atom. The van der Waals surface area contributed by atoms with Crippen LogP contribution in [0.15, 0.2) is 0 Å². The first-order chi connectivity index (χ1) is 31.4. The van der Waals surface area contributed by atoms with Crippen LogP contribution in [-0.4, -0.2) is 310 Å². The van der Waals surface area contributed by atoms with Crippen molar-refractivity contribution in [1.29, 1.82) is 0 Å². The van der Waals surface area contributed by atoms with Gasteiger partial charge in [-0.05, 0) is 0 Å². The van der Waals surface area contributed by atoms with Gasteiger partial charge in [0.15, 0.2) is 44.0 Å². The van der Waals surface area contributed by atoms with Crippen LogP contribution in [0.25, 0.3) is 0 Å². The molecule has 0 radical (unpaired) electrons. The average Bonchev–Trinajstić information content (AvgIpc) is 3.31. The van der Waals surface area contributed by atoms with E-state index >= 15 is 0 Å². The van der Waals surface area contributed by atoms with Crippen LogP contribution < -0.4 is 0 Å². The highest BCUT2D eigenvalue weighted by molar-refractivity contribution is 5.57. The lowest BCUT2D eigenvalue weighted by atomic mass is 9.95. The molecule has 0 spiro atoms. The molecule has 0 aromatic heterocycles. The van der Waals surface area contributed by atoms with E-state index in [9.17, 15) is 91.6 Å². The van der Waals surface area contributed by atoms with Gasteiger partial charge in [-0.15, -0.1) is 0 Å². The van der Waals surface area contributed by atoms with E-state index < -0.39 is 217 Å². The lowest BCUT2D eigenvalue weighted by Crippen LogP contribution is -2.69. The van der Waals surface area contributed by atoms with Crippen molar-refractivity contribution in [2.24, 2.45) is 0 Å². The van der Waals surface area contributed by atoms with Gasteiger partial charge in [-0.2, -0.15) is 0 Å². The van der Waals surface area contributed by atoms with Crippen molar-refractivity contribution in [2.75, 3.05) is 33.0 Å². The second-order valence-electron chi connectivity index (χ2n) is 16.7. The summed E-state index contributed by atoms with van der Waals surface area (Å²) in [6.45, 7) is -5.06. The van der Waals surface area contributed by atoms with E-state index in [1.54, 1.807) is 0 Å². The fourth-order valence-corrected chi connectivity index (χ4v) is 8.84. The maximum atomic E-state index is 12.3. The normalized spacial score (nSPS) is 55.3. The highest BCUT2D eigenvalue weighted by atomic mass is 16.8. The number of aliphatic hydroxyl groups excluding tert-OH is 17. The van der Waals surface area contributed by atoms with Gasteiger partial charge < -0.3 is 148 Å². The summed E-state index contributed by atoms with van der Waals surface area (Å²) in [5.74, 6) is 0. The molecule has 22 fully saturated rings. The van der Waals surface area contributed by atoms with E-state index in [2.05, 4.69) is 0 Å². The monoisotopic (exact) mass is 970 g/mol. The van der Waals surface area contributed by atoms with E-state index in [1.165, 1.54) is 0 Å². The molecule has 66 heavy (non-hydrogen) atoms. The van der Waals surface area contributed by atoms with Crippen LogP contribution in [0.3, 0.4) is 0 Å². The van der Waals surface area contributed by atoms with E-state index in [0.29, 0.717) is 0 Å². The Bertz CT molecular complexity index is 1540. The van der Waals surface area contributed by atoms with Crippen LogP contribution in [0.5, 0.6) is 0 Å². The SMILES string of the molecule is O=CC1OC2OC3C(CO)OC(OC4C(CO)OC(OC5C(CO)OC(OC6C(CO)OC(OC7C(CO)OC(OC1C(O)C2O)C(O)C7O)C(O)C6O)C(O)C5O)C(O)C4O)C(O)C3O. The molecule has 22 saturated heterocycles. The van der Waals surface area contributed by atoms with E-state index in [0.717, 1.165) is 0 Å². The Kier molecular flexibility index (Phi) is 17.3. The summed E-state index contributed by atoms with van der Waals surface area (Å²) >= 11 is 0. The second kappa shape index (κ2) is 21.9. The summed E-state index contributed by atoms with van der Waals surface area (Å²) in [4.78, 5) is 12.3. The summed E-state index contributed by atoms with van der Waals surface area (Å²) in [7, 11) is 0. The third-order valence-corrected chi connectivity index (χ3v) is 12.6. The standard InChI is InChI=1S/C36H58O30/c37-1-7-25-13(43)19(49)31(55-7)62-26-8(2-38)57-33(21(51)15(26)45)64-28-10(4-40)59-35(23(53)17(28)47)66-30-12(6-42)60-36(24(54)18(30)48)65-29-11(5-41)58-34(22(52)16(29)46)63-27-9(3-39)56-32(61-25)20(50)14(27)44/h1,7-36,38-54H,2-6H2. The van der Waals surface area contributed by atoms with Crippen LogP contribution in [0, 0.1) is 0 Å². The quantitative estimate of drug-likeness (QED) is 0.110. The fourth-order valence-electron chi connectivity index (χ4n) is 8.84. The summed E-state index contributed by atoms with van der Waals surface area (Å²) in [6.07, 6.45) is -59.4. The Morgan fingerprint density at radius 3 is 0.636 bits per heavy atom. The fraction of sp³-hybridized carbons (Fsp3) is 0.972. The molecule has 0 saturated carbocycles. The van der Waals surface area contributed by atoms with Crippen LogP contribution in [0.4, 0.5) is 0 Å². The predicted octanol–water partition coefficient (Wildman–Crippen LogP) is -12.8. The minimum atomic E-state index is -2.20. The first-order valence-electron chi connectivity index (χ1n) is 20.9. The molecule has 30 atom stereocenters. The van der Waals surface area contributed by atoms with Crippen LogP contribution >= 0.6 is 0 Å². The van der Waals surface area contributed by atoms with Gasteiger partial charge in [-0.3, -0.25) is 0 Å². The van der Waals surface area contributed by atoms with Crippen molar-refractivity contribution in [3.63, 3.8) is 0 Å². The van der Waals surface area contributed by atoms with Crippen molar-refractivity contribution >= 4 is 6.29 Å². The number of hydrogen-bond acceptors (Lipinski definition) is 30. The zero-order chi connectivity index (χ0) is 48.0. The van der Waals surface area contributed by atoms with Gasteiger partial charge in [0.2, 0.25) is 0 Å². The maximum Gasteiger partial charge on any atom is 0.187 e. The van der Waals surface area contributed by atoms with E-state index in [-0.39, 0.29) is 6.29 Å². The molecule has 30 unspecified atom stereocenters. The molecule has 0 aromatic carbocycles. The number of ether oxygens (including phenoxy) is 12.